The van der Waals surface area contributed by atoms with Gasteiger partial charge in [0.1, 0.15) is 22.9 Å². The highest BCUT2D eigenvalue weighted by Gasteiger charge is 2.18. The van der Waals surface area contributed by atoms with E-state index in [4.69, 9.17) is 14.2 Å². The number of nitrogens with zero attached hydrogens (tertiary/aromatic N) is 2. The third-order valence-electron chi connectivity index (χ3n) is 4.50. The highest BCUT2D eigenvalue weighted by Crippen LogP contribution is 2.34. The number of carbonyl (C=O) groups is 1. The van der Waals surface area contributed by atoms with E-state index in [0.29, 0.717) is 34.6 Å². The second-order valence-electron chi connectivity index (χ2n) is 8.10. The quantitative estimate of drug-likeness (QED) is 0.445. The molecule has 3 N–H and O–H groups in total. The molecular weight excluding hydrogens is 422 g/mol. The molecule has 174 valence electrons. The Morgan fingerprint density at radius 3 is 2.18 bits per heavy atom. The van der Waals surface area contributed by atoms with E-state index in [0.717, 1.165) is 11.1 Å². The lowest BCUT2D eigenvalue weighted by Gasteiger charge is -2.20. The molecule has 0 radical (unpaired) electrons. The highest BCUT2D eigenvalue weighted by molar-refractivity contribution is 5.90. The van der Waals surface area contributed by atoms with Crippen molar-refractivity contribution in [3.63, 3.8) is 0 Å². The molecule has 0 saturated carbocycles. The van der Waals surface area contributed by atoms with Crippen molar-refractivity contribution in [1.29, 1.82) is 0 Å². The second kappa shape index (κ2) is 10.1. The molecule has 0 fully saturated rings. The number of nitrogens with one attached hydrogen (secondary N) is 3. The van der Waals surface area contributed by atoms with Crippen LogP contribution in [-0.4, -0.2) is 42.9 Å². The Kier molecular flexibility index (Phi) is 7.22. The van der Waals surface area contributed by atoms with Gasteiger partial charge >= 0.3 is 6.09 Å². The molecule has 1 aromatic heterocycles. The Bertz CT molecular complexity index is 1110. The molecular formula is C24H29N5O4. The molecule has 0 saturated heterocycles. The first-order valence-electron chi connectivity index (χ1n) is 10.4. The van der Waals surface area contributed by atoms with Gasteiger partial charge in [-0.15, -0.1) is 0 Å². The summed E-state index contributed by atoms with van der Waals surface area (Å²) in [5, 5.41) is 9.02. The van der Waals surface area contributed by atoms with Crippen molar-refractivity contribution in [3.05, 3.63) is 48.7 Å². The van der Waals surface area contributed by atoms with E-state index in [2.05, 4.69) is 25.9 Å². The van der Waals surface area contributed by atoms with E-state index >= 15 is 0 Å². The highest BCUT2D eigenvalue weighted by atomic mass is 16.6. The van der Waals surface area contributed by atoms with Crippen LogP contribution in [0.3, 0.4) is 0 Å². The normalized spacial score (nSPS) is 10.8. The van der Waals surface area contributed by atoms with E-state index in [9.17, 15) is 4.79 Å². The van der Waals surface area contributed by atoms with Crippen molar-refractivity contribution in [2.24, 2.45) is 0 Å². The molecule has 1 heterocycles. The minimum atomic E-state index is -0.601. The van der Waals surface area contributed by atoms with Crippen molar-refractivity contribution in [2.45, 2.75) is 26.4 Å². The summed E-state index contributed by atoms with van der Waals surface area (Å²) < 4.78 is 16.1. The van der Waals surface area contributed by atoms with Crippen LogP contribution in [0, 0.1) is 0 Å². The number of hydrogen-bond donors (Lipinski definition) is 3. The van der Waals surface area contributed by atoms with Crippen LogP contribution in [0.15, 0.2) is 48.7 Å². The van der Waals surface area contributed by atoms with Crippen LogP contribution in [0.2, 0.25) is 0 Å². The molecule has 0 bridgehead atoms. The number of carbonyl (C=O) groups excluding carboxylic acids is 1. The van der Waals surface area contributed by atoms with Crippen LogP contribution in [0.4, 0.5) is 27.9 Å². The molecule has 3 aromatic rings. The van der Waals surface area contributed by atoms with Gasteiger partial charge in [-0.05, 0) is 50.6 Å². The monoisotopic (exact) mass is 451 g/mol. The van der Waals surface area contributed by atoms with Crippen molar-refractivity contribution in [3.8, 4) is 22.6 Å². The number of ether oxygens (including phenoxy) is 3. The average molecular weight is 452 g/mol. The predicted molar refractivity (Wildman–Crippen MR) is 130 cm³/mol. The maximum atomic E-state index is 12.2. The molecule has 0 unspecified atom stereocenters. The van der Waals surface area contributed by atoms with Gasteiger partial charge in [0.2, 0.25) is 5.95 Å². The summed E-state index contributed by atoms with van der Waals surface area (Å²) in [4.78, 5) is 21.3. The molecule has 9 heteroatoms. The molecule has 2 aromatic carbocycles. The first-order valence-corrected chi connectivity index (χ1v) is 10.4. The number of anilines is 4. The minimum Gasteiger partial charge on any atom is -0.497 e. The van der Waals surface area contributed by atoms with Gasteiger partial charge in [0, 0.05) is 24.9 Å². The Morgan fingerprint density at radius 1 is 0.970 bits per heavy atom. The summed E-state index contributed by atoms with van der Waals surface area (Å²) in [5.74, 6) is 2.29. The topological polar surface area (TPSA) is 107 Å². The Hall–Kier alpha value is -4.01. The van der Waals surface area contributed by atoms with Gasteiger partial charge in [-0.25, -0.2) is 9.78 Å². The molecule has 0 aliphatic carbocycles. The summed E-state index contributed by atoms with van der Waals surface area (Å²) in [6.45, 7) is 5.43. The zero-order valence-corrected chi connectivity index (χ0v) is 19.6. The zero-order chi connectivity index (χ0) is 24.0. The summed E-state index contributed by atoms with van der Waals surface area (Å²) in [6, 6.07) is 12.8. The molecule has 9 nitrogen and oxygen atoms in total. The number of benzene rings is 2. The number of hydrogen-bond acceptors (Lipinski definition) is 8. The van der Waals surface area contributed by atoms with E-state index < -0.39 is 11.7 Å². The predicted octanol–water partition coefficient (Wildman–Crippen LogP) is 5.29. The fraction of sp³-hybridized carbons (Fsp3) is 0.292. The maximum Gasteiger partial charge on any atom is 0.412 e. The SMILES string of the molecule is CNc1nc(Nc2ccccc2NC(=O)OC(C)(C)C)ncc1-c1cc(OC)cc(OC)c1. The van der Waals surface area contributed by atoms with Crippen LogP contribution in [-0.2, 0) is 4.74 Å². The summed E-state index contributed by atoms with van der Waals surface area (Å²) in [7, 11) is 4.98. The van der Waals surface area contributed by atoms with Gasteiger partial charge in [0.15, 0.2) is 0 Å². The number of para-hydroxylation sites is 2. The Labute approximate surface area is 193 Å². The third kappa shape index (κ3) is 6.25. The first kappa shape index (κ1) is 23.6. The first-order chi connectivity index (χ1) is 15.7. The van der Waals surface area contributed by atoms with Crippen molar-refractivity contribution < 1.29 is 19.0 Å². The van der Waals surface area contributed by atoms with E-state index in [1.54, 1.807) is 39.6 Å². The van der Waals surface area contributed by atoms with Gasteiger partial charge in [-0.1, -0.05) is 12.1 Å². The molecule has 0 aliphatic heterocycles. The second-order valence-corrected chi connectivity index (χ2v) is 8.10. The van der Waals surface area contributed by atoms with Crippen LogP contribution >= 0.6 is 0 Å². The van der Waals surface area contributed by atoms with Crippen molar-refractivity contribution in [2.75, 3.05) is 37.2 Å². The molecule has 0 aliphatic rings. The Morgan fingerprint density at radius 2 is 1.61 bits per heavy atom. The van der Waals surface area contributed by atoms with E-state index in [1.807, 2.05) is 51.1 Å². The van der Waals surface area contributed by atoms with Gasteiger partial charge in [0.05, 0.1) is 25.6 Å². The minimum absolute atomic E-state index is 0.358. The molecule has 1 amide bonds. The molecule has 0 spiro atoms. The van der Waals surface area contributed by atoms with Crippen molar-refractivity contribution in [1.82, 2.24) is 9.97 Å². The maximum absolute atomic E-state index is 12.2. The fourth-order valence-electron chi connectivity index (χ4n) is 3.04. The van der Waals surface area contributed by atoms with Crippen LogP contribution < -0.4 is 25.4 Å². The third-order valence-corrected chi connectivity index (χ3v) is 4.50. The van der Waals surface area contributed by atoms with Gasteiger partial charge < -0.3 is 24.8 Å². The lowest BCUT2D eigenvalue weighted by molar-refractivity contribution is 0.0636. The summed E-state index contributed by atoms with van der Waals surface area (Å²) in [6.07, 6.45) is 1.16. The van der Waals surface area contributed by atoms with Crippen molar-refractivity contribution >= 4 is 29.2 Å². The Balaban J connectivity index is 1.88. The smallest absolute Gasteiger partial charge is 0.412 e. The summed E-state index contributed by atoms with van der Waals surface area (Å²) >= 11 is 0. The standard InChI is InChI=1S/C24H29N5O4/c1-24(2,3)33-23(30)28-20-10-8-7-9-19(20)27-22-26-14-18(21(25-4)29-22)15-11-16(31-5)13-17(12-15)32-6/h7-14H,1-6H3,(H,28,30)(H2,25,26,27,29). The van der Waals surface area contributed by atoms with Gasteiger partial charge in [-0.2, -0.15) is 4.98 Å². The largest absolute Gasteiger partial charge is 0.497 e. The van der Waals surface area contributed by atoms with Gasteiger partial charge in [0.25, 0.3) is 0 Å². The van der Waals surface area contributed by atoms with Crippen LogP contribution in [0.1, 0.15) is 20.8 Å². The number of aromatic nitrogens is 2. The van der Waals surface area contributed by atoms with Crippen LogP contribution in [0.25, 0.3) is 11.1 Å². The average Bonchev–Trinajstić information content (AvgIpc) is 2.78. The fourth-order valence-corrected chi connectivity index (χ4v) is 3.04. The number of rotatable bonds is 7. The zero-order valence-electron chi connectivity index (χ0n) is 19.6. The lowest BCUT2D eigenvalue weighted by atomic mass is 10.1. The molecule has 33 heavy (non-hydrogen) atoms. The van der Waals surface area contributed by atoms with Crippen LogP contribution in [0.5, 0.6) is 11.5 Å². The summed E-state index contributed by atoms with van der Waals surface area (Å²) in [5.41, 5.74) is 2.19. The number of methoxy groups -OCH3 is 2. The van der Waals surface area contributed by atoms with E-state index in [-0.39, 0.29) is 0 Å². The van der Waals surface area contributed by atoms with Gasteiger partial charge in [-0.3, -0.25) is 5.32 Å². The van der Waals surface area contributed by atoms with E-state index in [1.165, 1.54) is 0 Å². The molecule has 0 atom stereocenters. The number of amides is 1. The molecule has 3 rings (SSSR count). The lowest BCUT2D eigenvalue weighted by Crippen LogP contribution is -2.27.